The predicted octanol–water partition coefficient (Wildman–Crippen LogP) is 0.911. The van der Waals surface area contributed by atoms with Crippen LogP contribution in [0, 0.1) is 6.92 Å². The van der Waals surface area contributed by atoms with E-state index in [1.54, 1.807) is 33.8 Å². The van der Waals surface area contributed by atoms with Crippen LogP contribution in [0.5, 0.6) is 0 Å². The summed E-state index contributed by atoms with van der Waals surface area (Å²) in [5.74, 6) is -0.325. The van der Waals surface area contributed by atoms with Crippen LogP contribution in [0.4, 0.5) is 0 Å². The zero-order chi connectivity index (χ0) is 22.9. The second kappa shape index (κ2) is 8.55. The first-order valence-corrected chi connectivity index (χ1v) is 10.8. The van der Waals surface area contributed by atoms with E-state index < -0.39 is 11.8 Å². The molecule has 0 N–H and O–H groups in total. The summed E-state index contributed by atoms with van der Waals surface area (Å²) in [6, 6.07) is 14.6. The lowest BCUT2D eigenvalue weighted by Crippen LogP contribution is -2.51. The van der Waals surface area contributed by atoms with Crippen LogP contribution < -0.4 is 0 Å². The number of aromatic nitrogens is 4. The fourth-order valence-electron chi connectivity index (χ4n) is 4.16. The van der Waals surface area contributed by atoms with Gasteiger partial charge in [-0.15, -0.1) is 5.10 Å². The molecule has 3 heterocycles. The highest BCUT2D eigenvalue weighted by molar-refractivity contribution is 6.22. The maximum absolute atomic E-state index is 12.8. The van der Waals surface area contributed by atoms with Gasteiger partial charge in [0.05, 0.1) is 23.4 Å². The molecule has 1 saturated heterocycles. The summed E-state index contributed by atoms with van der Waals surface area (Å²) in [5.41, 5.74) is 2.77. The number of benzene rings is 2. The number of carbonyl (C=O) groups excluding carboxylic acids is 3. The third-order valence-corrected chi connectivity index (χ3v) is 6.07. The maximum atomic E-state index is 12.8. The number of fused-ring (bicyclic) bond motifs is 1. The second-order valence-electron chi connectivity index (χ2n) is 8.24. The molecule has 10 nitrogen and oxygen atoms in total. The first-order chi connectivity index (χ1) is 16.0. The lowest BCUT2D eigenvalue weighted by Gasteiger charge is -2.34. The minimum Gasteiger partial charge on any atom is -0.339 e. The number of rotatable bonds is 5. The fraction of sp³-hybridized carbons (Fsp3) is 0.304. The van der Waals surface area contributed by atoms with Crippen molar-refractivity contribution >= 4 is 17.7 Å². The summed E-state index contributed by atoms with van der Waals surface area (Å²) in [6.45, 7) is 4.66. The summed E-state index contributed by atoms with van der Waals surface area (Å²) < 4.78 is 1.72. The summed E-state index contributed by atoms with van der Waals surface area (Å²) >= 11 is 0. The van der Waals surface area contributed by atoms with Crippen LogP contribution in [0.3, 0.4) is 0 Å². The van der Waals surface area contributed by atoms with E-state index in [-0.39, 0.29) is 12.5 Å². The highest BCUT2D eigenvalue weighted by atomic mass is 16.2. The molecule has 33 heavy (non-hydrogen) atoms. The molecule has 0 radical (unpaired) electrons. The van der Waals surface area contributed by atoms with Gasteiger partial charge in [-0.3, -0.25) is 24.2 Å². The van der Waals surface area contributed by atoms with Crippen LogP contribution in [0.1, 0.15) is 32.1 Å². The lowest BCUT2D eigenvalue weighted by molar-refractivity contribution is -0.133. The van der Waals surface area contributed by atoms with Gasteiger partial charge >= 0.3 is 0 Å². The van der Waals surface area contributed by atoms with Crippen LogP contribution in [0.25, 0.3) is 5.69 Å². The molecular formula is C23H23N7O3. The van der Waals surface area contributed by atoms with Gasteiger partial charge in [-0.2, -0.15) is 4.68 Å². The van der Waals surface area contributed by atoms with Crippen molar-refractivity contribution in [3.8, 4) is 5.69 Å². The Labute approximate surface area is 190 Å². The third kappa shape index (κ3) is 4.00. The largest absolute Gasteiger partial charge is 0.339 e. The monoisotopic (exact) mass is 445 g/mol. The molecule has 2 aliphatic heterocycles. The molecule has 3 amide bonds. The number of tetrazole rings is 1. The minimum absolute atomic E-state index is 0.228. The van der Waals surface area contributed by atoms with Crippen LogP contribution in [-0.2, 0) is 11.3 Å². The summed E-state index contributed by atoms with van der Waals surface area (Å²) in [4.78, 5) is 42.8. The topological polar surface area (TPSA) is 105 Å². The van der Waals surface area contributed by atoms with Gasteiger partial charge in [0.2, 0.25) is 5.91 Å². The average Bonchev–Trinajstić information content (AvgIpc) is 3.39. The van der Waals surface area contributed by atoms with Crippen LogP contribution in [0.2, 0.25) is 0 Å². The molecule has 0 bridgehead atoms. The molecule has 0 atom stereocenters. The highest BCUT2D eigenvalue weighted by Crippen LogP contribution is 2.22. The standard InChI is InChI=1S/C23H23N7O3/c1-16-6-8-17(9-7-16)30-20(24-25-26-30)14-27-10-12-28(13-11-27)21(31)15-29-22(32)18-4-2-3-5-19(18)23(29)33/h2-9H,10-15H2,1H3. The molecule has 5 rings (SSSR count). The van der Waals surface area contributed by atoms with E-state index in [0.717, 1.165) is 22.0 Å². The Morgan fingerprint density at radius 2 is 1.55 bits per heavy atom. The van der Waals surface area contributed by atoms with Crippen molar-refractivity contribution in [2.45, 2.75) is 13.5 Å². The third-order valence-electron chi connectivity index (χ3n) is 6.07. The van der Waals surface area contributed by atoms with E-state index in [1.807, 2.05) is 31.2 Å². The first kappa shape index (κ1) is 21.0. The normalized spacial score (nSPS) is 16.4. The Hall–Kier alpha value is -3.92. The molecule has 2 aliphatic rings. The van der Waals surface area contributed by atoms with Crippen molar-refractivity contribution in [1.29, 1.82) is 0 Å². The quantitative estimate of drug-likeness (QED) is 0.538. The van der Waals surface area contributed by atoms with Crippen molar-refractivity contribution in [1.82, 2.24) is 34.9 Å². The summed E-state index contributed by atoms with van der Waals surface area (Å²) in [7, 11) is 0. The molecular weight excluding hydrogens is 422 g/mol. The molecule has 168 valence electrons. The van der Waals surface area contributed by atoms with Gasteiger partial charge in [-0.05, 0) is 41.6 Å². The SMILES string of the molecule is Cc1ccc(-n2nnnc2CN2CCN(C(=O)CN3C(=O)c4ccccc4C3=O)CC2)cc1. The number of amides is 3. The molecule has 0 saturated carbocycles. The number of carbonyl (C=O) groups is 3. The predicted molar refractivity (Wildman–Crippen MR) is 118 cm³/mol. The van der Waals surface area contributed by atoms with Crippen LogP contribution in [-0.4, -0.2) is 85.4 Å². The van der Waals surface area contributed by atoms with Crippen LogP contribution in [0.15, 0.2) is 48.5 Å². The number of imide groups is 1. The van der Waals surface area contributed by atoms with Gasteiger partial charge in [0.15, 0.2) is 5.82 Å². The average molecular weight is 445 g/mol. The zero-order valence-electron chi connectivity index (χ0n) is 18.2. The zero-order valence-corrected chi connectivity index (χ0v) is 18.2. The van der Waals surface area contributed by atoms with E-state index in [9.17, 15) is 14.4 Å². The van der Waals surface area contributed by atoms with E-state index in [0.29, 0.717) is 43.9 Å². The van der Waals surface area contributed by atoms with Crippen molar-refractivity contribution in [3.05, 3.63) is 71.0 Å². The number of hydrogen-bond acceptors (Lipinski definition) is 7. The van der Waals surface area contributed by atoms with E-state index in [4.69, 9.17) is 0 Å². The lowest BCUT2D eigenvalue weighted by atomic mass is 10.1. The Balaban J connectivity index is 1.17. The van der Waals surface area contributed by atoms with Gasteiger partial charge in [-0.25, -0.2) is 0 Å². The van der Waals surface area contributed by atoms with E-state index >= 15 is 0 Å². The number of aryl methyl sites for hydroxylation is 1. The molecule has 1 fully saturated rings. The Morgan fingerprint density at radius 1 is 0.909 bits per heavy atom. The van der Waals surface area contributed by atoms with Gasteiger partial charge < -0.3 is 4.90 Å². The van der Waals surface area contributed by atoms with Gasteiger partial charge in [0, 0.05) is 26.2 Å². The fourth-order valence-corrected chi connectivity index (χ4v) is 4.16. The van der Waals surface area contributed by atoms with E-state index in [1.165, 1.54) is 0 Å². The Kier molecular flexibility index (Phi) is 5.43. The highest BCUT2D eigenvalue weighted by Gasteiger charge is 2.37. The molecule has 2 aromatic carbocycles. The number of piperazine rings is 1. The molecule has 0 spiro atoms. The summed E-state index contributed by atoms with van der Waals surface area (Å²) in [5, 5.41) is 12.1. The van der Waals surface area contributed by atoms with E-state index in [2.05, 4.69) is 20.4 Å². The first-order valence-electron chi connectivity index (χ1n) is 10.8. The molecule has 1 aromatic heterocycles. The van der Waals surface area contributed by atoms with Crippen LogP contribution >= 0.6 is 0 Å². The van der Waals surface area contributed by atoms with Crippen molar-refractivity contribution < 1.29 is 14.4 Å². The number of hydrogen-bond donors (Lipinski definition) is 0. The maximum Gasteiger partial charge on any atom is 0.262 e. The molecule has 0 unspecified atom stereocenters. The number of nitrogens with zero attached hydrogens (tertiary/aromatic N) is 7. The molecule has 10 heteroatoms. The molecule has 0 aliphatic carbocycles. The van der Waals surface area contributed by atoms with Gasteiger partial charge in [0.1, 0.15) is 6.54 Å². The summed E-state index contributed by atoms with van der Waals surface area (Å²) in [6.07, 6.45) is 0. The van der Waals surface area contributed by atoms with Crippen molar-refractivity contribution in [3.63, 3.8) is 0 Å². The Morgan fingerprint density at radius 3 is 2.18 bits per heavy atom. The minimum atomic E-state index is -0.412. The second-order valence-corrected chi connectivity index (χ2v) is 8.24. The van der Waals surface area contributed by atoms with Gasteiger partial charge in [-0.1, -0.05) is 29.8 Å². The van der Waals surface area contributed by atoms with Crippen molar-refractivity contribution in [2.24, 2.45) is 0 Å². The smallest absolute Gasteiger partial charge is 0.262 e. The Bertz CT molecular complexity index is 1180. The van der Waals surface area contributed by atoms with Crippen molar-refractivity contribution in [2.75, 3.05) is 32.7 Å². The molecule has 3 aromatic rings. The van der Waals surface area contributed by atoms with Gasteiger partial charge in [0.25, 0.3) is 11.8 Å².